The summed E-state index contributed by atoms with van der Waals surface area (Å²) in [5.74, 6) is -0.328. The molecule has 0 amide bonds. The second kappa shape index (κ2) is 14.6. The fourth-order valence-electron chi connectivity index (χ4n) is 5.20. The first kappa shape index (κ1) is 32.6. The third-order valence-electron chi connectivity index (χ3n) is 7.44. The van der Waals surface area contributed by atoms with Gasteiger partial charge < -0.3 is 24.8 Å². The van der Waals surface area contributed by atoms with E-state index in [-0.39, 0.29) is 36.3 Å². The molecule has 0 aliphatic carbocycles. The number of nitrogens with two attached hydrogens (primary N) is 1. The molecule has 6 rings (SSSR count). The number of nitrogen functional groups attached to an aromatic ring is 1. The van der Waals surface area contributed by atoms with Crippen molar-refractivity contribution in [3.05, 3.63) is 114 Å². The lowest BCUT2D eigenvalue weighted by Gasteiger charge is -2.28. The number of fused-ring (bicyclic) bond motifs is 1. The maximum atomic E-state index is 14.7. The number of rotatable bonds is 13. The van der Waals surface area contributed by atoms with E-state index in [1.54, 1.807) is 34.9 Å². The van der Waals surface area contributed by atoms with Crippen molar-refractivity contribution in [2.45, 2.75) is 43.9 Å². The minimum absolute atomic E-state index is 0.0129. The summed E-state index contributed by atoms with van der Waals surface area (Å²) in [7, 11) is -4.38. The number of anilines is 1. The average Bonchev–Trinajstić information content (AvgIpc) is 3.68. The molecule has 13 nitrogen and oxygen atoms in total. The Morgan fingerprint density at radius 1 is 1.04 bits per heavy atom. The van der Waals surface area contributed by atoms with Gasteiger partial charge in [0.2, 0.25) is 5.28 Å². The molecule has 3 aromatic carbocycles. The molecule has 2 aromatic heterocycles. The Kier molecular flexibility index (Phi) is 10.1. The van der Waals surface area contributed by atoms with Crippen LogP contribution in [-0.4, -0.2) is 55.5 Å². The molecule has 5 aromatic rings. The Hall–Kier alpha value is -4.36. The van der Waals surface area contributed by atoms with Gasteiger partial charge in [-0.05, 0) is 41.3 Å². The topological polar surface area (TPSA) is 173 Å². The van der Waals surface area contributed by atoms with E-state index in [1.165, 1.54) is 6.33 Å². The molecule has 0 bridgehead atoms. The molecule has 5 atom stereocenters. The lowest BCUT2D eigenvalue weighted by Crippen LogP contribution is -2.41. The Morgan fingerprint density at radius 2 is 1.70 bits per heavy atom. The maximum absolute atomic E-state index is 14.7. The van der Waals surface area contributed by atoms with Gasteiger partial charge in [0.15, 0.2) is 11.5 Å². The van der Waals surface area contributed by atoms with Crippen molar-refractivity contribution >= 4 is 42.3 Å². The molecule has 1 aliphatic heterocycles. The van der Waals surface area contributed by atoms with E-state index in [1.807, 2.05) is 60.7 Å². The number of benzene rings is 3. The lowest BCUT2D eigenvalue weighted by atomic mass is 10.1. The molecule has 15 heteroatoms. The standard InChI is InChI=1S/C32H32ClN6O7P/c33-32-36-29(34)28-30(37-32)39(20-35-28)27-17-25(26(18-40)44-27)46-47(42,45-23-14-8-3-9-15-23)38-24(16-21-10-4-1-5-11-21)31(41)43-19-22-12-6-2-7-13-22/h1-15,20,24-27,40H,16-19H2,(H,38,42)(H2,34,36,37)/t24-,25+,26?,27+,47?/m0/s1. The number of imidazole rings is 1. The van der Waals surface area contributed by atoms with Crippen LogP contribution in [0.2, 0.25) is 5.28 Å². The summed E-state index contributed by atoms with van der Waals surface area (Å²) in [5, 5.41) is 13.0. The van der Waals surface area contributed by atoms with E-state index in [0.717, 1.165) is 11.1 Å². The van der Waals surface area contributed by atoms with Crippen LogP contribution in [0.5, 0.6) is 5.75 Å². The fourth-order valence-corrected chi connectivity index (χ4v) is 7.08. The van der Waals surface area contributed by atoms with Gasteiger partial charge in [-0.2, -0.15) is 15.1 Å². The van der Waals surface area contributed by atoms with Crippen LogP contribution < -0.4 is 15.3 Å². The number of nitrogens with one attached hydrogen (secondary N) is 1. The van der Waals surface area contributed by atoms with Gasteiger partial charge in [-0.1, -0.05) is 78.9 Å². The molecule has 1 saturated heterocycles. The van der Waals surface area contributed by atoms with Crippen LogP contribution in [0.1, 0.15) is 23.8 Å². The Morgan fingerprint density at radius 3 is 2.38 bits per heavy atom. The van der Waals surface area contributed by atoms with Crippen LogP contribution in [0.4, 0.5) is 5.82 Å². The number of aliphatic hydroxyl groups excluding tert-OH is 1. The first-order valence-electron chi connectivity index (χ1n) is 14.8. The van der Waals surface area contributed by atoms with Crippen LogP contribution in [-0.2, 0) is 36.4 Å². The van der Waals surface area contributed by atoms with Crippen LogP contribution >= 0.6 is 19.3 Å². The highest BCUT2D eigenvalue weighted by Crippen LogP contribution is 2.49. The molecule has 0 radical (unpaired) electrons. The van der Waals surface area contributed by atoms with E-state index in [0.29, 0.717) is 11.2 Å². The number of esters is 1. The van der Waals surface area contributed by atoms with Crippen LogP contribution in [0, 0.1) is 0 Å². The van der Waals surface area contributed by atoms with Crippen LogP contribution in [0.3, 0.4) is 0 Å². The monoisotopic (exact) mass is 678 g/mol. The number of ether oxygens (including phenoxy) is 2. The van der Waals surface area contributed by atoms with Gasteiger partial charge in [-0.25, -0.2) is 9.55 Å². The Balaban J connectivity index is 1.28. The number of hydrogen-bond donors (Lipinski definition) is 3. The first-order chi connectivity index (χ1) is 22.8. The van der Waals surface area contributed by atoms with E-state index in [9.17, 15) is 14.5 Å². The quantitative estimate of drug-likeness (QED) is 0.0878. The Labute approximate surface area is 275 Å². The number of aliphatic hydroxyl groups is 1. The largest absolute Gasteiger partial charge is 0.460 e. The van der Waals surface area contributed by atoms with Crippen molar-refractivity contribution in [1.82, 2.24) is 24.6 Å². The summed E-state index contributed by atoms with van der Waals surface area (Å²) in [4.78, 5) is 26.0. The molecular formula is C32H32ClN6O7P. The van der Waals surface area contributed by atoms with Crippen molar-refractivity contribution in [2.75, 3.05) is 12.3 Å². The van der Waals surface area contributed by atoms with E-state index < -0.39 is 44.8 Å². The molecule has 2 unspecified atom stereocenters. The van der Waals surface area contributed by atoms with Crippen molar-refractivity contribution in [3.8, 4) is 5.75 Å². The van der Waals surface area contributed by atoms with Crippen LogP contribution in [0.15, 0.2) is 97.3 Å². The van der Waals surface area contributed by atoms with Gasteiger partial charge in [0.05, 0.1) is 12.9 Å². The summed E-state index contributed by atoms with van der Waals surface area (Å²) < 4.78 is 40.2. The van der Waals surface area contributed by atoms with Crippen molar-refractivity contribution in [1.29, 1.82) is 0 Å². The zero-order valence-corrected chi connectivity index (χ0v) is 26.6. The summed E-state index contributed by atoms with van der Waals surface area (Å²) in [5.41, 5.74) is 8.19. The highest BCUT2D eigenvalue weighted by molar-refractivity contribution is 7.52. The first-order valence-corrected chi connectivity index (χ1v) is 16.7. The molecular weight excluding hydrogens is 647 g/mol. The number of carbonyl (C=O) groups is 1. The number of hydrogen-bond acceptors (Lipinski definition) is 11. The van der Waals surface area contributed by atoms with Gasteiger partial charge >= 0.3 is 13.7 Å². The maximum Gasteiger partial charge on any atom is 0.459 e. The van der Waals surface area contributed by atoms with Crippen molar-refractivity contribution in [2.24, 2.45) is 0 Å². The predicted molar refractivity (Wildman–Crippen MR) is 173 cm³/mol. The number of halogens is 1. The average molecular weight is 679 g/mol. The number of carbonyl (C=O) groups excluding carboxylic acids is 1. The lowest BCUT2D eigenvalue weighted by molar-refractivity contribution is -0.147. The third-order valence-corrected chi connectivity index (χ3v) is 9.24. The van der Waals surface area contributed by atoms with Crippen molar-refractivity contribution in [3.63, 3.8) is 0 Å². The minimum Gasteiger partial charge on any atom is -0.460 e. The third kappa shape index (κ3) is 7.96. The smallest absolute Gasteiger partial charge is 0.459 e. The molecule has 4 N–H and O–H groups in total. The second-order valence-corrected chi connectivity index (χ2v) is 12.7. The minimum atomic E-state index is -4.38. The van der Waals surface area contributed by atoms with Gasteiger partial charge in [-0.15, -0.1) is 0 Å². The zero-order chi connectivity index (χ0) is 32.8. The molecule has 47 heavy (non-hydrogen) atoms. The fraction of sp³-hybridized carbons (Fsp3) is 0.250. The van der Waals surface area contributed by atoms with Crippen molar-refractivity contribution < 1.29 is 33.0 Å². The van der Waals surface area contributed by atoms with E-state index in [4.69, 9.17) is 35.9 Å². The highest BCUT2D eigenvalue weighted by atomic mass is 35.5. The highest BCUT2D eigenvalue weighted by Gasteiger charge is 2.44. The van der Waals surface area contributed by atoms with Crippen LogP contribution in [0.25, 0.3) is 11.2 Å². The summed E-state index contributed by atoms with van der Waals surface area (Å²) in [6, 6.07) is 25.7. The molecule has 0 saturated carbocycles. The zero-order valence-electron chi connectivity index (χ0n) is 25.0. The van der Waals surface area contributed by atoms with Gasteiger partial charge in [0.1, 0.15) is 42.4 Å². The van der Waals surface area contributed by atoms with E-state index in [2.05, 4.69) is 20.0 Å². The summed E-state index contributed by atoms with van der Waals surface area (Å²) >= 11 is 6.05. The number of aromatic nitrogens is 4. The van der Waals surface area contributed by atoms with E-state index >= 15 is 0 Å². The summed E-state index contributed by atoms with van der Waals surface area (Å²) in [6.45, 7) is -0.456. The second-order valence-electron chi connectivity index (χ2n) is 10.8. The Bertz CT molecular complexity index is 1850. The SMILES string of the molecule is Nc1nc(Cl)nc2c1ncn2[C@H]1C[C@@H](OP(=O)(N[C@@H](Cc2ccccc2)C(=O)OCc2ccccc2)Oc2ccccc2)C(CO)O1. The molecule has 1 fully saturated rings. The number of nitrogens with zero attached hydrogens (tertiary/aromatic N) is 4. The predicted octanol–water partition coefficient (Wildman–Crippen LogP) is 4.86. The number of para-hydroxylation sites is 1. The normalized spacial score (nSPS) is 19.7. The molecule has 1 aliphatic rings. The summed E-state index contributed by atoms with van der Waals surface area (Å²) in [6.07, 6.45) is -0.963. The molecule has 244 valence electrons. The van der Waals surface area contributed by atoms with Gasteiger partial charge in [0, 0.05) is 6.42 Å². The molecule has 3 heterocycles. The van der Waals surface area contributed by atoms with Gasteiger partial charge in [0.25, 0.3) is 0 Å². The van der Waals surface area contributed by atoms with Gasteiger partial charge in [-0.3, -0.25) is 13.9 Å². The molecule has 0 spiro atoms.